The van der Waals surface area contributed by atoms with Crippen molar-refractivity contribution >= 4 is 0 Å². The van der Waals surface area contributed by atoms with Crippen molar-refractivity contribution < 1.29 is 0 Å². The quantitative estimate of drug-likeness (QED) is 0.706. The lowest BCUT2D eigenvalue weighted by atomic mass is 9.87. The first-order chi connectivity index (χ1) is 7.72. The van der Waals surface area contributed by atoms with Gasteiger partial charge in [-0.1, -0.05) is 32.8 Å². The van der Waals surface area contributed by atoms with Crippen LogP contribution in [0.1, 0.15) is 62.1 Å². The Kier molecular flexibility index (Phi) is 5.05. The van der Waals surface area contributed by atoms with Crippen LogP contribution in [0.4, 0.5) is 0 Å². The first kappa shape index (κ1) is 12.8. The fourth-order valence-electron chi connectivity index (χ4n) is 2.18. The van der Waals surface area contributed by atoms with E-state index in [1.54, 1.807) is 0 Å². The molecule has 0 aliphatic heterocycles. The Labute approximate surface area is 99.1 Å². The Morgan fingerprint density at radius 1 is 1.31 bits per heavy atom. The number of nitriles is 1. The monoisotopic (exact) mass is 215 g/mol. The van der Waals surface area contributed by atoms with E-state index in [1.807, 2.05) is 6.07 Å². The second-order valence-electron chi connectivity index (χ2n) is 4.43. The predicted octanol–water partition coefficient (Wildman–Crippen LogP) is 4.55. The summed E-state index contributed by atoms with van der Waals surface area (Å²) in [5, 5.41) is 8.93. The molecule has 1 atom stereocenters. The molecule has 0 saturated heterocycles. The molecule has 86 valence electrons. The van der Waals surface area contributed by atoms with Gasteiger partial charge in [0.15, 0.2) is 0 Å². The van der Waals surface area contributed by atoms with E-state index in [0.717, 1.165) is 12.0 Å². The van der Waals surface area contributed by atoms with E-state index in [9.17, 15) is 0 Å². The van der Waals surface area contributed by atoms with Gasteiger partial charge in [-0.3, -0.25) is 0 Å². The molecule has 0 aliphatic rings. The Bertz CT molecular complexity index is 374. The lowest BCUT2D eigenvalue weighted by molar-refractivity contribution is 0.567. The SMILES string of the molecule is CCCCC(CC)c1cc(C#N)ccc1C. The summed E-state index contributed by atoms with van der Waals surface area (Å²) in [7, 11) is 0. The molecule has 0 spiro atoms. The summed E-state index contributed by atoms with van der Waals surface area (Å²) in [6.07, 6.45) is 4.92. The highest BCUT2D eigenvalue weighted by Crippen LogP contribution is 2.28. The summed E-state index contributed by atoms with van der Waals surface area (Å²) in [6, 6.07) is 8.28. The summed E-state index contributed by atoms with van der Waals surface area (Å²) >= 11 is 0. The van der Waals surface area contributed by atoms with Crippen LogP contribution in [0.5, 0.6) is 0 Å². The van der Waals surface area contributed by atoms with Crippen molar-refractivity contribution in [3.05, 3.63) is 34.9 Å². The molecule has 1 rings (SSSR count). The lowest BCUT2D eigenvalue weighted by Gasteiger charge is -2.17. The van der Waals surface area contributed by atoms with E-state index in [2.05, 4.69) is 39.0 Å². The summed E-state index contributed by atoms with van der Waals surface area (Å²) in [5.74, 6) is 0.619. The first-order valence-corrected chi connectivity index (χ1v) is 6.23. The molecular weight excluding hydrogens is 194 g/mol. The van der Waals surface area contributed by atoms with Gasteiger partial charge in [0, 0.05) is 0 Å². The number of benzene rings is 1. The summed E-state index contributed by atoms with van der Waals surface area (Å²) < 4.78 is 0. The minimum atomic E-state index is 0.619. The van der Waals surface area contributed by atoms with Gasteiger partial charge < -0.3 is 0 Å². The normalized spacial score (nSPS) is 12.1. The zero-order chi connectivity index (χ0) is 12.0. The van der Waals surface area contributed by atoms with Crippen LogP contribution in [0.15, 0.2) is 18.2 Å². The zero-order valence-corrected chi connectivity index (χ0v) is 10.6. The van der Waals surface area contributed by atoms with Gasteiger partial charge >= 0.3 is 0 Å². The number of rotatable bonds is 5. The number of nitrogens with zero attached hydrogens (tertiary/aromatic N) is 1. The van der Waals surface area contributed by atoms with Gasteiger partial charge in [0.1, 0.15) is 0 Å². The highest BCUT2D eigenvalue weighted by molar-refractivity contribution is 5.39. The molecule has 1 unspecified atom stereocenters. The fourth-order valence-corrected chi connectivity index (χ4v) is 2.18. The van der Waals surface area contributed by atoms with E-state index in [1.165, 1.54) is 30.4 Å². The molecule has 1 nitrogen and oxygen atoms in total. The van der Waals surface area contributed by atoms with Crippen LogP contribution in [-0.2, 0) is 0 Å². The van der Waals surface area contributed by atoms with Gasteiger partial charge in [-0.05, 0) is 48.9 Å². The molecule has 1 aromatic rings. The third-order valence-corrected chi connectivity index (χ3v) is 3.25. The highest BCUT2D eigenvalue weighted by Gasteiger charge is 2.11. The molecule has 0 radical (unpaired) electrons. The molecular formula is C15H21N. The molecule has 1 aromatic carbocycles. The Balaban J connectivity index is 2.94. The van der Waals surface area contributed by atoms with Crippen molar-refractivity contribution in [1.82, 2.24) is 0 Å². The van der Waals surface area contributed by atoms with Gasteiger partial charge in [0.25, 0.3) is 0 Å². The zero-order valence-electron chi connectivity index (χ0n) is 10.6. The standard InChI is InChI=1S/C15H21N/c1-4-6-7-14(5-2)15-10-13(11-16)9-8-12(15)3/h8-10,14H,4-7H2,1-3H3. The van der Waals surface area contributed by atoms with Crippen molar-refractivity contribution in [3.8, 4) is 6.07 Å². The maximum atomic E-state index is 8.93. The van der Waals surface area contributed by atoms with E-state index in [0.29, 0.717) is 5.92 Å². The highest BCUT2D eigenvalue weighted by atomic mass is 14.2. The van der Waals surface area contributed by atoms with Gasteiger partial charge in [0.05, 0.1) is 11.6 Å². The van der Waals surface area contributed by atoms with Crippen molar-refractivity contribution in [2.45, 2.75) is 52.4 Å². The van der Waals surface area contributed by atoms with Crippen molar-refractivity contribution in [3.63, 3.8) is 0 Å². The van der Waals surface area contributed by atoms with Crippen LogP contribution < -0.4 is 0 Å². The Hall–Kier alpha value is -1.29. The van der Waals surface area contributed by atoms with Crippen LogP contribution in [-0.4, -0.2) is 0 Å². The molecule has 16 heavy (non-hydrogen) atoms. The molecule has 0 aliphatic carbocycles. The van der Waals surface area contributed by atoms with Crippen LogP contribution in [0.25, 0.3) is 0 Å². The molecule has 1 heteroatoms. The van der Waals surface area contributed by atoms with Gasteiger partial charge in [-0.25, -0.2) is 0 Å². The van der Waals surface area contributed by atoms with E-state index in [-0.39, 0.29) is 0 Å². The molecule has 0 bridgehead atoms. The second-order valence-corrected chi connectivity index (χ2v) is 4.43. The summed E-state index contributed by atoms with van der Waals surface area (Å²) in [6.45, 7) is 6.61. The summed E-state index contributed by atoms with van der Waals surface area (Å²) in [5.41, 5.74) is 3.48. The topological polar surface area (TPSA) is 23.8 Å². The van der Waals surface area contributed by atoms with Crippen molar-refractivity contribution in [2.24, 2.45) is 0 Å². The average molecular weight is 215 g/mol. The molecule has 0 aromatic heterocycles. The van der Waals surface area contributed by atoms with Crippen LogP contribution in [0.3, 0.4) is 0 Å². The van der Waals surface area contributed by atoms with E-state index >= 15 is 0 Å². The Morgan fingerprint density at radius 3 is 2.62 bits per heavy atom. The summed E-state index contributed by atoms with van der Waals surface area (Å²) in [4.78, 5) is 0. The number of hydrogen-bond acceptors (Lipinski definition) is 1. The fraction of sp³-hybridized carbons (Fsp3) is 0.533. The molecule has 0 fully saturated rings. The molecule has 0 N–H and O–H groups in total. The van der Waals surface area contributed by atoms with E-state index < -0.39 is 0 Å². The largest absolute Gasteiger partial charge is 0.192 e. The van der Waals surface area contributed by atoms with Gasteiger partial charge in [-0.2, -0.15) is 5.26 Å². The molecule has 0 amide bonds. The van der Waals surface area contributed by atoms with Crippen molar-refractivity contribution in [1.29, 1.82) is 5.26 Å². The number of hydrogen-bond donors (Lipinski definition) is 0. The van der Waals surface area contributed by atoms with Crippen LogP contribution in [0, 0.1) is 18.3 Å². The third kappa shape index (κ3) is 3.10. The Morgan fingerprint density at radius 2 is 2.06 bits per heavy atom. The molecule has 0 saturated carbocycles. The maximum absolute atomic E-state index is 8.93. The first-order valence-electron chi connectivity index (χ1n) is 6.23. The number of unbranched alkanes of at least 4 members (excludes halogenated alkanes) is 1. The van der Waals surface area contributed by atoms with Crippen molar-refractivity contribution in [2.75, 3.05) is 0 Å². The second kappa shape index (κ2) is 6.33. The third-order valence-electron chi connectivity index (χ3n) is 3.25. The number of aryl methyl sites for hydroxylation is 1. The minimum absolute atomic E-state index is 0.619. The predicted molar refractivity (Wildman–Crippen MR) is 68.5 cm³/mol. The van der Waals surface area contributed by atoms with Crippen LogP contribution >= 0.6 is 0 Å². The smallest absolute Gasteiger partial charge is 0.0991 e. The van der Waals surface area contributed by atoms with Crippen LogP contribution in [0.2, 0.25) is 0 Å². The van der Waals surface area contributed by atoms with E-state index in [4.69, 9.17) is 5.26 Å². The minimum Gasteiger partial charge on any atom is -0.192 e. The maximum Gasteiger partial charge on any atom is 0.0991 e. The van der Waals surface area contributed by atoms with Gasteiger partial charge in [0.2, 0.25) is 0 Å². The average Bonchev–Trinajstić information content (AvgIpc) is 2.32. The lowest BCUT2D eigenvalue weighted by Crippen LogP contribution is -2.00. The van der Waals surface area contributed by atoms with Gasteiger partial charge in [-0.15, -0.1) is 0 Å². The molecule has 0 heterocycles.